The first-order chi connectivity index (χ1) is 7.76. The average Bonchev–Trinajstić information content (AvgIpc) is 2.72. The Hall–Kier alpha value is -2.10. The summed E-state index contributed by atoms with van der Waals surface area (Å²) >= 11 is 0. The molecule has 0 N–H and O–H groups in total. The van der Waals surface area contributed by atoms with Crippen LogP contribution in [0.1, 0.15) is 15.9 Å². The van der Waals surface area contributed by atoms with Crippen LogP contribution in [0.2, 0.25) is 0 Å². The van der Waals surface area contributed by atoms with Crippen LogP contribution in [0, 0.1) is 6.92 Å². The molecule has 2 aromatic rings. The van der Waals surface area contributed by atoms with Crippen molar-refractivity contribution < 1.29 is 9.53 Å². The molecular weight excluding hydrogens is 204 g/mol. The van der Waals surface area contributed by atoms with E-state index >= 15 is 0 Å². The van der Waals surface area contributed by atoms with E-state index in [4.69, 9.17) is 4.74 Å². The van der Waals surface area contributed by atoms with E-state index in [1.54, 1.807) is 10.9 Å². The third-order valence-electron chi connectivity index (χ3n) is 2.39. The molecule has 0 amide bonds. The first kappa shape index (κ1) is 10.4. The number of para-hydroxylation sites is 1. The SMILES string of the molecule is COc1nn(-c2ccccc2C)cc1C=O. The van der Waals surface area contributed by atoms with E-state index in [-0.39, 0.29) is 0 Å². The maximum atomic E-state index is 10.8. The molecule has 0 aliphatic rings. The third kappa shape index (κ3) is 1.69. The van der Waals surface area contributed by atoms with Gasteiger partial charge in [-0.3, -0.25) is 4.79 Å². The lowest BCUT2D eigenvalue weighted by Gasteiger charge is -2.03. The standard InChI is InChI=1S/C12H12N2O2/c1-9-5-3-4-6-11(9)14-7-10(8-15)12(13-14)16-2/h3-8H,1-2H3. The molecule has 4 heteroatoms. The quantitative estimate of drug-likeness (QED) is 0.737. The van der Waals surface area contributed by atoms with Gasteiger partial charge in [0, 0.05) is 6.20 Å². The van der Waals surface area contributed by atoms with Crippen LogP contribution in [-0.2, 0) is 0 Å². The number of nitrogens with zero attached hydrogens (tertiary/aromatic N) is 2. The van der Waals surface area contributed by atoms with E-state index in [0.29, 0.717) is 11.4 Å². The minimum atomic E-state index is 0.346. The van der Waals surface area contributed by atoms with Crippen LogP contribution in [0.5, 0.6) is 5.88 Å². The van der Waals surface area contributed by atoms with Crippen LogP contribution in [-0.4, -0.2) is 23.2 Å². The van der Waals surface area contributed by atoms with Crippen LogP contribution in [0.15, 0.2) is 30.5 Å². The average molecular weight is 216 g/mol. The van der Waals surface area contributed by atoms with Gasteiger partial charge in [0.1, 0.15) is 0 Å². The van der Waals surface area contributed by atoms with Crippen molar-refractivity contribution in [3.8, 4) is 11.6 Å². The van der Waals surface area contributed by atoms with E-state index in [0.717, 1.165) is 17.5 Å². The molecule has 0 atom stereocenters. The zero-order valence-electron chi connectivity index (χ0n) is 9.18. The molecule has 1 aromatic carbocycles. The minimum absolute atomic E-state index is 0.346. The lowest BCUT2D eigenvalue weighted by molar-refractivity contribution is 0.112. The molecule has 0 aliphatic heterocycles. The highest BCUT2D eigenvalue weighted by Crippen LogP contribution is 2.18. The number of methoxy groups -OCH3 is 1. The molecule has 0 saturated carbocycles. The lowest BCUT2D eigenvalue weighted by atomic mass is 10.2. The Morgan fingerprint density at radius 2 is 2.12 bits per heavy atom. The zero-order chi connectivity index (χ0) is 11.5. The van der Waals surface area contributed by atoms with Gasteiger partial charge in [-0.25, -0.2) is 4.68 Å². The first-order valence-electron chi connectivity index (χ1n) is 4.91. The van der Waals surface area contributed by atoms with Gasteiger partial charge in [0.15, 0.2) is 6.29 Å². The van der Waals surface area contributed by atoms with E-state index in [1.165, 1.54) is 7.11 Å². The highest BCUT2D eigenvalue weighted by Gasteiger charge is 2.10. The van der Waals surface area contributed by atoms with Crippen LogP contribution >= 0.6 is 0 Å². The van der Waals surface area contributed by atoms with Crippen molar-refractivity contribution in [2.45, 2.75) is 6.92 Å². The molecule has 0 spiro atoms. The Balaban J connectivity index is 2.53. The Labute approximate surface area is 93.5 Å². The summed E-state index contributed by atoms with van der Waals surface area (Å²) in [5.41, 5.74) is 2.48. The van der Waals surface area contributed by atoms with Crippen molar-refractivity contribution in [1.29, 1.82) is 0 Å². The van der Waals surface area contributed by atoms with Gasteiger partial charge in [0.05, 0.1) is 18.4 Å². The summed E-state index contributed by atoms with van der Waals surface area (Å²) in [7, 11) is 1.50. The number of aryl methyl sites for hydroxylation is 1. The van der Waals surface area contributed by atoms with E-state index in [9.17, 15) is 4.79 Å². The van der Waals surface area contributed by atoms with Gasteiger partial charge < -0.3 is 4.74 Å². The van der Waals surface area contributed by atoms with Crippen molar-refractivity contribution in [1.82, 2.24) is 9.78 Å². The summed E-state index contributed by atoms with van der Waals surface area (Å²) in [5, 5.41) is 4.19. The number of carbonyl (C=O) groups is 1. The predicted octanol–water partition coefficient (Wildman–Crippen LogP) is 2.00. The van der Waals surface area contributed by atoms with Crippen molar-refractivity contribution in [2.75, 3.05) is 7.11 Å². The van der Waals surface area contributed by atoms with Gasteiger partial charge in [-0.2, -0.15) is 0 Å². The van der Waals surface area contributed by atoms with Crippen molar-refractivity contribution in [3.05, 3.63) is 41.6 Å². The summed E-state index contributed by atoms with van der Waals surface area (Å²) in [6, 6.07) is 7.82. The molecule has 0 saturated heterocycles. The Morgan fingerprint density at radius 3 is 2.69 bits per heavy atom. The molecule has 82 valence electrons. The number of ether oxygens (including phenoxy) is 1. The lowest BCUT2D eigenvalue weighted by Crippen LogP contribution is -1.97. The third-order valence-corrected chi connectivity index (χ3v) is 2.39. The summed E-state index contributed by atoms with van der Waals surface area (Å²) in [4.78, 5) is 10.8. The molecule has 1 heterocycles. The van der Waals surface area contributed by atoms with E-state index in [1.807, 2.05) is 31.2 Å². The maximum Gasteiger partial charge on any atom is 0.243 e. The monoisotopic (exact) mass is 216 g/mol. The fourth-order valence-electron chi connectivity index (χ4n) is 1.55. The molecule has 4 nitrogen and oxygen atoms in total. The van der Waals surface area contributed by atoms with Crippen molar-refractivity contribution in [2.24, 2.45) is 0 Å². The molecule has 1 aromatic heterocycles. The largest absolute Gasteiger partial charge is 0.479 e. The Bertz CT molecular complexity index is 517. The topological polar surface area (TPSA) is 44.1 Å². The number of benzene rings is 1. The summed E-state index contributed by atoms with van der Waals surface area (Å²) in [6.07, 6.45) is 2.40. The fraction of sp³-hybridized carbons (Fsp3) is 0.167. The minimum Gasteiger partial charge on any atom is -0.479 e. The highest BCUT2D eigenvalue weighted by atomic mass is 16.5. The highest BCUT2D eigenvalue weighted by molar-refractivity contribution is 5.78. The van der Waals surface area contributed by atoms with Crippen molar-refractivity contribution >= 4 is 6.29 Å². The molecule has 2 rings (SSSR count). The number of hydrogen-bond donors (Lipinski definition) is 0. The number of carbonyl (C=O) groups excluding carboxylic acids is 1. The second kappa shape index (κ2) is 4.18. The van der Waals surface area contributed by atoms with Crippen LogP contribution in [0.4, 0.5) is 0 Å². The zero-order valence-corrected chi connectivity index (χ0v) is 9.18. The number of aromatic nitrogens is 2. The first-order valence-corrected chi connectivity index (χ1v) is 4.91. The maximum absolute atomic E-state index is 10.8. The second-order valence-corrected chi connectivity index (χ2v) is 3.44. The summed E-state index contributed by atoms with van der Waals surface area (Å²) in [6.45, 7) is 1.99. The number of hydrogen-bond acceptors (Lipinski definition) is 3. The Morgan fingerprint density at radius 1 is 1.38 bits per heavy atom. The molecule has 0 unspecified atom stereocenters. The molecule has 0 radical (unpaired) electrons. The summed E-state index contributed by atoms with van der Waals surface area (Å²) in [5.74, 6) is 0.346. The predicted molar refractivity (Wildman–Crippen MR) is 60.2 cm³/mol. The van der Waals surface area contributed by atoms with Gasteiger partial charge in [-0.15, -0.1) is 5.10 Å². The van der Waals surface area contributed by atoms with Gasteiger partial charge in [0.2, 0.25) is 5.88 Å². The van der Waals surface area contributed by atoms with Crippen LogP contribution < -0.4 is 4.74 Å². The molecule has 16 heavy (non-hydrogen) atoms. The van der Waals surface area contributed by atoms with Crippen LogP contribution in [0.25, 0.3) is 5.69 Å². The smallest absolute Gasteiger partial charge is 0.243 e. The fourth-order valence-corrected chi connectivity index (χ4v) is 1.55. The van der Waals surface area contributed by atoms with E-state index < -0.39 is 0 Å². The van der Waals surface area contributed by atoms with Crippen molar-refractivity contribution in [3.63, 3.8) is 0 Å². The second-order valence-electron chi connectivity index (χ2n) is 3.44. The number of rotatable bonds is 3. The normalized spacial score (nSPS) is 10.1. The van der Waals surface area contributed by atoms with Gasteiger partial charge in [-0.05, 0) is 18.6 Å². The van der Waals surface area contributed by atoms with Gasteiger partial charge in [-0.1, -0.05) is 18.2 Å². The van der Waals surface area contributed by atoms with Gasteiger partial charge in [0.25, 0.3) is 0 Å². The molecule has 0 aliphatic carbocycles. The van der Waals surface area contributed by atoms with E-state index in [2.05, 4.69) is 5.10 Å². The Kier molecular flexibility index (Phi) is 2.72. The van der Waals surface area contributed by atoms with Crippen LogP contribution in [0.3, 0.4) is 0 Å². The molecular formula is C12H12N2O2. The molecule has 0 fully saturated rings. The van der Waals surface area contributed by atoms with Gasteiger partial charge >= 0.3 is 0 Å². The number of aldehydes is 1. The summed E-state index contributed by atoms with van der Waals surface area (Å²) < 4.78 is 6.67. The molecule has 0 bridgehead atoms.